The normalized spacial score (nSPS) is 18.2. The van der Waals surface area contributed by atoms with E-state index in [1.165, 1.54) is 17.1 Å². The molecule has 1 N–H and O–H groups in total. The third-order valence-electron chi connectivity index (χ3n) is 5.70. The smallest absolute Gasteiger partial charge is 0.289 e. The lowest BCUT2D eigenvalue weighted by Gasteiger charge is -2.33. The third kappa shape index (κ3) is 6.12. The minimum Gasteiger partial charge on any atom is -0.456 e. The van der Waals surface area contributed by atoms with Gasteiger partial charge < -0.3 is 14.6 Å². The Balaban J connectivity index is 1.23. The van der Waals surface area contributed by atoms with Gasteiger partial charge >= 0.3 is 0 Å². The molecule has 0 unspecified atom stereocenters. The first kappa shape index (κ1) is 21.9. The zero-order chi connectivity index (χ0) is 21.6. The van der Waals surface area contributed by atoms with Gasteiger partial charge in [0.2, 0.25) is 5.91 Å². The average Bonchev–Trinajstić information content (AvgIpc) is 3.21. The van der Waals surface area contributed by atoms with E-state index < -0.39 is 0 Å². The molecule has 2 aliphatic heterocycles. The second-order valence-electron chi connectivity index (χ2n) is 8.12. The molecular formula is C23H30N4O3S. The number of carbonyl (C=O) groups excluding carboxylic acids is 2. The van der Waals surface area contributed by atoms with Gasteiger partial charge in [-0.15, -0.1) is 0 Å². The fourth-order valence-corrected chi connectivity index (χ4v) is 4.96. The van der Waals surface area contributed by atoms with E-state index in [9.17, 15) is 9.59 Å². The Morgan fingerprint density at radius 2 is 1.77 bits per heavy atom. The molecule has 166 valence electrons. The molecule has 4 rings (SSSR count). The van der Waals surface area contributed by atoms with Crippen LogP contribution in [0.4, 0.5) is 5.69 Å². The number of nitrogens with zero attached hydrogens (tertiary/aromatic N) is 3. The minimum atomic E-state index is -0.0821. The number of carbonyl (C=O) groups is 2. The summed E-state index contributed by atoms with van der Waals surface area (Å²) in [5.74, 6) is 3.39. The lowest BCUT2D eigenvalue weighted by atomic mass is 10.2. The molecule has 0 aliphatic carbocycles. The highest BCUT2D eigenvalue weighted by molar-refractivity contribution is 7.99. The Hall–Kier alpha value is -2.29. The second-order valence-corrected chi connectivity index (χ2v) is 9.34. The van der Waals surface area contributed by atoms with Gasteiger partial charge in [-0.2, -0.15) is 11.8 Å². The molecular weight excluding hydrogens is 412 g/mol. The molecule has 0 bridgehead atoms. The molecule has 0 saturated carbocycles. The molecule has 1 aromatic carbocycles. The average molecular weight is 443 g/mol. The number of anilines is 1. The number of hydrogen-bond donors (Lipinski definition) is 1. The summed E-state index contributed by atoms with van der Waals surface area (Å²) in [7, 11) is 0. The summed E-state index contributed by atoms with van der Waals surface area (Å²) in [5.41, 5.74) is 2.07. The molecule has 1 aromatic heterocycles. The van der Waals surface area contributed by atoms with Crippen molar-refractivity contribution < 1.29 is 14.0 Å². The number of thioether (sulfide) groups is 1. The molecule has 0 radical (unpaired) electrons. The lowest BCUT2D eigenvalue weighted by Crippen LogP contribution is -2.50. The van der Waals surface area contributed by atoms with Crippen molar-refractivity contribution in [3.05, 3.63) is 53.5 Å². The Bertz CT molecular complexity index is 902. The molecule has 0 atom stereocenters. The van der Waals surface area contributed by atoms with E-state index in [4.69, 9.17) is 4.42 Å². The van der Waals surface area contributed by atoms with Crippen LogP contribution < -0.4 is 5.32 Å². The largest absolute Gasteiger partial charge is 0.456 e. The first-order valence-electron chi connectivity index (χ1n) is 10.8. The number of piperazine rings is 1. The number of nitrogens with one attached hydrogen (secondary N) is 1. The Labute approximate surface area is 187 Å². The zero-order valence-electron chi connectivity index (χ0n) is 18.0. The SMILES string of the molecule is Cc1ccc(C(=O)N2CCN(CC(=O)Nc3cccc(CN4CCSCC4)c3)CC2)o1. The van der Waals surface area contributed by atoms with Crippen LogP contribution in [0.5, 0.6) is 0 Å². The van der Waals surface area contributed by atoms with Crippen LogP contribution in [0.3, 0.4) is 0 Å². The minimum absolute atomic E-state index is 0.0204. The number of benzene rings is 1. The predicted octanol–water partition coefficient (Wildman–Crippen LogP) is 2.53. The maximum absolute atomic E-state index is 12.6. The highest BCUT2D eigenvalue weighted by Crippen LogP contribution is 2.17. The van der Waals surface area contributed by atoms with Crippen molar-refractivity contribution in [2.24, 2.45) is 0 Å². The molecule has 2 amide bonds. The topological polar surface area (TPSA) is 69.0 Å². The predicted molar refractivity (Wildman–Crippen MR) is 123 cm³/mol. The molecule has 0 spiro atoms. The van der Waals surface area contributed by atoms with Gasteiger partial charge in [0, 0.05) is 63.0 Å². The van der Waals surface area contributed by atoms with Crippen molar-refractivity contribution in [1.82, 2.24) is 14.7 Å². The summed E-state index contributed by atoms with van der Waals surface area (Å²) in [6, 6.07) is 11.7. The summed E-state index contributed by atoms with van der Waals surface area (Å²) in [4.78, 5) is 31.4. The van der Waals surface area contributed by atoms with Crippen LogP contribution in [0.2, 0.25) is 0 Å². The van der Waals surface area contributed by atoms with Crippen molar-refractivity contribution in [3.8, 4) is 0 Å². The summed E-state index contributed by atoms with van der Waals surface area (Å²) in [5, 5.41) is 3.03. The number of amides is 2. The Morgan fingerprint density at radius 3 is 2.48 bits per heavy atom. The third-order valence-corrected chi connectivity index (χ3v) is 6.64. The maximum atomic E-state index is 12.6. The van der Waals surface area contributed by atoms with Crippen LogP contribution in [-0.2, 0) is 11.3 Å². The van der Waals surface area contributed by atoms with Crippen LogP contribution in [0.25, 0.3) is 0 Å². The van der Waals surface area contributed by atoms with Crippen molar-refractivity contribution in [2.75, 3.05) is 62.6 Å². The standard InChI is InChI=1S/C23H30N4O3S/c1-18-5-6-21(30-18)23(29)27-9-7-25(8-10-27)17-22(28)24-20-4-2-3-19(15-20)16-26-11-13-31-14-12-26/h2-6,15H,7-14,16-17H2,1H3,(H,24,28). The van der Waals surface area contributed by atoms with Crippen LogP contribution >= 0.6 is 11.8 Å². The molecule has 2 saturated heterocycles. The van der Waals surface area contributed by atoms with Crippen LogP contribution in [0.1, 0.15) is 21.9 Å². The van der Waals surface area contributed by atoms with E-state index in [1.807, 2.05) is 30.8 Å². The zero-order valence-corrected chi connectivity index (χ0v) is 18.8. The molecule has 31 heavy (non-hydrogen) atoms. The van der Waals surface area contributed by atoms with Crippen molar-refractivity contribution >= 4 is 29.3 Å². The Morgan fingerprint density at radius 1 is 1.00 bits per heavy atom. The molecule has 7 nitrogen and oxygen atoms in total. The highest BCUT2D eigenvalue weighted by Gasteiger charge is 2.25. The number of hydrogen-bond acceptors (Lipinski definition) is 6. The van der Waals surface area contributed by atoms with Gasteiger partial charge in [-0.25, -0.2) is 0 Å². The first-order valence-corrected chi connectivity index (χ1v) is 12.0. The van der Waals surface area contributed by atoms with E-state index in [2.05, 4.69) is 27.2 Å². The van der Waals surface area contributed by atoms with Gasteiger partial charge in [0.25, 0.3) is 5.91 Å². The molecule has 2 aliphatic rings. The maximum Gasteiger partial charge on any atom is 0.289 e. The van der Waals surface area contributed by atoms with Gasteiger partial charge in [0.1, 0.15) is 5.76 Å². The van der Waals surface area contributed by atoms with E-state index in [1.54, 1.807) is 17.0 Å². The molecule has 2 fully saturated rings. The fourth-order valence-electron chi connectivity index (χ4n) is 3.98. The molecule has 3 heterocycles. The van der Waals surface area contributed by atoms with Gasteiger partial charge in [0.05, 0.1) is 6.54 Å². The summed E-state index contributed by atoms with van der Waals surface area (Å²) >= 11 is 2.01. The van der Waals surface area contributed by atoms with Crippen molar-refractivity contribution in [1.29, 1.82) is 0 Å². The van der Waals surface area contributed by atoms with Crippen LogP contribution in [0, 0.1) is 6.92 Å². The van der Waals surface area contributed by atoms with Gasteiger partial charge in [-0.05, 0) is 36.8 Å². The summed E-state index contributed by atoms with van der Waals surface area (Å²) < 4.78 is 5.44. The number of rotatable bonds is 6. The quantitative estimate of drug-likeness (QED) is 0.742. The monoisotopic (exact) mass is 442 g/mol. The van der Waals surface area contributed by atoms with E-state index in [0.29, 0.717) is 38.5 Å². The van der Waals surface area contributed by atoms with Crippen LogP contribution in [-0.4, -0.2) is 83.8 Å². The highest BCUT2D eigenvalue weighted by atomic mass is 32.2. The summed E-state index contributed by atoms with van der Waals surface area (Å²) in [6.07, 6.45) is 0. The molecule has 2 aromatic rings. The molecule has 8 heteroatoms. The van der Waals surface area contributed by atoms with E-state index in [-0.39, 0.29) is 11.8 Å². The van der Waals surface area contributed by atoms with E-state index >= 15 is 0 Å². The van der Waals surface area contributed by atoms with Crippen molar-refractivity contribution in [3.63, 3.8) is 0 Å². The van der Waals surface area contributed by atoms with E-state index in [0.717, 1.165) is 31.1 Å². The summed E-state index contributed by atoms with van der Waals surface area (Å²) in [6.45, 7) is 7.86. The van der Waals surface area contributed by atoms with Crippen molar-refractivity contribution in [2.45, 2.75) is 13.5 Å². The van der Waals surface area contributed by atoms with Crippen LogP contribution in [0.15, 0.2) is 40.8 Å². The second kappa shape index (κ2) is 10.3. The number of aryl methyl sites for hydroxylation is 1. The van der Waals surface area contributed by atoms with Gasteiger partial charge in [-0.3, -0.25) is 19.4 Å². The van der Waals surface area contributed by atoms with Gasteiger partial charge in [-0.1, -0.05) is 12.1 Å². The van der Waals surface area contributed by atoms with Gasteiger partial charge in [0.15, 0.2) is 5.76 Å². The number of furan rings is 1. The Kier molecular flexibility index (Phi) is 7.32. The fraction of sp³-hybridized carbons (Fsp3) is 0.478. The first-order chi connectivity index (χ1) is 15.1. The lowest BCUT2D eigenvalue weighted by molar-refractivity contribution is -0.117.